The third-order valence-electron chi connectivity index (χ3n) is 4.62. The molecule has 8 heteroatoms. The molecule has 0 bridgehead atoms. The number of hydrogen-bond donors (Lipinski definition) is 2. The Morgan fingerprint density at radius 1 is 1.32 bits per heavy atom. The molecule has 1 aromatic rings. The minimum absolute atomic E-state index is 0.00981. The summed E-state index contributed by atoms with van der Waals surface area (Å²) in [4.78, 5) is 15.9. The van der Waals surface area contributed by atoms with Gasteiger partial charge in [0.2, 0.25) is 0 Å². The predicted octanol–water partition coefficient (Wildman–Crippen LogP) is 0.578. The maximum absolute atomic E-state index is 14.3. The number of amides is 1. The van der Waals surface area contributed by atoms with Crippen LogP contribution in [0.25, 0.3) is 0 Å². The SMILES string of the molecule is COc1ccc(F)c(C(=O)N2C[C@@H](CN(C)CCO)[C@@H](CO)C2)c1F. The fourth-order valence-electron chi connectivity index (χ4n) is 3.23. The minimum Gasteiger partial charge on any atom is -0.494 e. The highest BCUT2D eigenvalue weighted by Crippen LogP contribution is 2.29. The summed E-state index contributed by atoms with van der Waals surface area (Å²) < 4.78 is 33.2. The first-order valence-corrected chi connectivity index (χ1v) is 8.14. The Bertz CT molecular complexity index is 615. The molecule has 1 saturated heterocycles. The Balaban J connectivity index is 2.18. The van der Waals surface area contributed by atoms with E-state index in [1.54, 1.807) is 0 Å². The van der Waals surface area contributed by atoms with E-state index < -0.39 is 23.1 Å². The fraction of sp³-hybridized carbons (Fsp3) is 0.588. The summed E-state index contributed by atoms with van der Waals surface area (Å²) in [7, 11) is 3.08. The lowest BCUT2D eigenvalue weighted by Gasteiger charge is -2.23. The summed E-state index contributed by atoms with van der Waals surface area (Å²) in [6, 6.07) is 2.13. The van der Waals surface area contributed by atoms with Gasteiger partial charge >= 0.3 is 0 Å². The molecule has 1 aliphatic heterocycles. The smallest absolute Gasteiger partial charge is 0.259 e. The number of carbonyl (C=O) groups excluding carboxylic acids is 1. The summed E-state index contributed by atoms with van der Waals surface area (Å²) in [5.74, 6) is -3.12. The molecular formula is C17H24F2N2O4. The van der Waals surface area contributed by atoms with Gasteiger partial charge in [-0.05, 0) is 25.1 Å². The van der Waals surface area contributed by atoms with Gasteiger partial charge in [0, 0.05) is 38.7 Å². The lowest BCUT2D eigenvalue weighted by atomic mass is 9.96. The second-order valence-electron chi connectivity index (χ2n) is 6.34. The molecule has 1 aromatic carbocycles. The summed E-state index contributed by atoms with van der Waals surface area (Å²) in [6.07, 6.45) is 0. The van der Waals surface area contributed by atoms with Crippen LogP contribution in [-0.4, -0.2) is 79.5 Å². The van der Waals surface area contributed by atoms with Crippen molar-refractivity contribution in [2.45, 2.75) is 0 Å². The van der Waals surface area contributed by atoms with Crippen LogP contribution in [0.15, 0.2) is 12.1 Å². The van der Waals surface area contributed by atoms with Gasteiger partial charge in [-0.25, -0.2) is 8.78 Å². The van der Waals surface area contributed by atoms with E-state index in [0.29, 0.717) is 13.1 Å². The first-order valence-electron chi connectivity index (χ1n) is 8.14. The zero-order valence-electron chi connectivity index (χ0n) is 14.4. The molecule has 25 heavy (non-hydrogen) atoms. The summed E-state index contributed by atoms with van der Waals surface area (Å²) in [6.45, 7) is 1.44. The molecule has 1 aliphatic rings. The highest BCUT2D eigenvalue weighted by molar-refractivity contribution is 5.95. The number of benzene rings is 1. The van der Waals surface area contributed by atoms with Gasteiger partial charge in [0.05, 0.1) is 13.7 Å². The lowest BCUT2D eigenvalue weighted by molar-refractivity contribution is 0.0768. The number of halogens is 2. The quantitative estimate of drug-likeness (QED) is 0.746. The first-order chi connectivity index (χ1) is 11.9. The zero-order chi connectivity index (χ0) is 18.6. The average Bonchev–Trinajstić information content (AvgIpc) is 2.98. The van der Waals surface area contributed by atoms with Crippen LogP contribution in [0, 0.1) is 23.5 Å². The van der Waals surface area contributed by atoms with Gasteiger partial charge in [0.1, 0.15) is 11.4 Å². The van der Waals surface area contributed by atoms with Crippen molar-refractivity contribution in [2.75, 3.05) is 53.6 Å². The number of likely N-dealkylation sites (N-methyl/N-ethyl adjacent to an activating group) is 1. The normalized spacial score (nSPS) is 20.4. The van der Waals surface area contributed by atoms with Crippen LogP contribution in [0.3, 0.4) is 0 Å². The van der Waals surface area contributed by atoms with Crippen molar-refractivity contribution in [3.05, 3.63) is 29.3 Å². The van der Waals surface area contributed by atoms with Gasteiger partial charge in [-0.2, -0.15) is 0 Å². The van der Waals surface area contributed by atoms with Gasteiger partial charge in [-0.1, -0.05) is 0 Å². The topological polar surface area (TPSA) is 73.2 Å². The molecule has 1 fully saturated rings. The molecule has 0 spiro atoms. The molecule has 2 N–H and O–H groups in total. The van der Waals surface area contributed by atoms with Crippen LogP contribution >= 0.6 is 0 Å². The molecule has 0 aromatic heterocycles. The molecule has 0 unspecified atom stereocenters. The summed E-state index contributed by atoms with van der Waals surface area (Å²) in [5.41, 5.74) is -0.639. The Morgan fingerprint density at radius 3 is 2.60 bits per heavy atom. The van der Waals surface area contributed by atoms with Gasteiger partial charge in [0.15, 0.2) is 11.6 Å². The first kappa shape index (κ1) is 19.6. The Hall–Kier alpha value is -1.77. The van der Waals surface area contributed by atoms with Crippen LogP contribution in [0.4, 0.5) is 8.78 Å². The number of carbonyl (C=O) groups is 1. The predicted molar refractivity (Wildman–Crippen MR) is 87.5 cm³/mol. The molecule has 0 radical (unpaired) electrons. The average molecular weight is 358 g/mol. The van der Waals surface area contributed by atoms with E-state index in [9.17, 15) is 18.7 Å². The molecule has 2 rings (SSSR count). The number of likely N-dealkylation sites (tertiary alicyclic amines) is 1. The minimum atomic E-state index is -1.02. The lowest BCUT2D eigenvalue weighted by Crippen LogP contribution is -2.34. The van der Waals surface area contributed by atoms with E-state index in [2.05, 4.69) is 0 Å². The van der Waals surface area contributed by atoms with Crippen LogP contribution < -0.4 is 4.74 Å². The second-order valence-corrected chi connectivity index (χ2v) is 6.34. The van der Waals surface area contributed by atoms with Gasteiger partial charge < -0.3 is 24.7 Å². The second kappa shape index (κ2) is 8.55. The largest absolute Gasteiger partial charge is 0.494 e. The van der Waals surface area contributed by atoms with Crippen molar-refractivity contribution < 1.29 is 28.5 Å². The van der Waals surface area contributed by atoms with Crippen molar-refractivity contribution in [1.29, 1.82) is 0 Å². The van der Waals surface area contributed by atoms with Crippen LogP contribution in [0.2, 0.25) is 0 Å². The third-order valence-corrected chi connectivity index (χ3v) is 4.62. The Kier molecular flexibility index (Phi) is 6.69. The maximum Gasteiger partial charge on any atom is 0.259 e. The Labute approximate surface area is 145 Å². The zero-order valence-corrected chi connectivity index (χ0v) is 14.4. The van der Waals surface area contributed by atoms with Gasteiger partial charge in [-0.15, -0.1) is 0 Å². The number of aliphatic hydroxyl groups excluding tert-OH is 2. The van der Waals surface area contributed by atoms with E-state index in [1.165, 1.54) is 12.0 Å². The standard InChI is InChI=1S/C17H24F2N2O4/c1-20(5-6-22)7-11-8-21(9-12(11)10-23)17(24)15-13(18)3-4-14(25-2)16(15)19/h3-4,11-12,22-23H,5-10H2,1-2H3/t11-,12-/m1/s1. The van der Waals surface area contributed by atoms with E-state index >= 15 is 0 Å². The summed E-state index contributed by atoms with van der Waals surface area (Å²) >= 11 is 0. The van der Waals surface area contributed by atoms with Crippen LogP contribution in [0.5, 0.6) is 5.75 Å². The maximum atomic E-state index is 14.3. The van der Waals surface area contributed by atoms with E-state index in [-0.39, 0.29) is 43.9 Å². The molecule has 1 heterocycles. The number of ether oxygens (including phenoxy) is 1. The number of hydrogen-bond acceptors (Lipinski definition) is 5. The number of nitrogens with zero attached hydrogens (tertiary/aromatic N) is 2. The van der Waals surface area contributed by atoms with Crippen molar-refractivity contribution in [3.63, 3.8) is 0 Å². The number of methoxy groups -OCH3 is 1. The summed E-state index contributed by atoms with van der Waals surface area (Å²) in [5, 5.41) is 18.5. The van der Waals surface area contributed by atoms with Crippen molar-refractivity contribution in [2.24, 2.45) is 11.8 Å². The molecule has 1 amide bonds. The van der Waals surface area contributed by atoms with Crippen molar-refractivity contribution >= 4 is 5.91 Å². The molecule has 2 atom stereocenters. The third kappa shape index (κ3) is 4.26. The van der Waals surface area contributed by atoms with Crippen LogP contribution in [-0.2, 0) is 0 Å². The molecular weight excluding hydrogens is 334 g/mol. The Morgan fingerprint density at radius 2 is 2.00 bits per heavy atom. The van der Waals surface area contributed by atoms with E-state index in [4.69, 9.17) is 9.84 Å². The van der Waals surface area contributed by atoms with Crippen molar-refractivity contribution in [1.82, 2.24) is 9.80 Å². The fourth-order valence-corrected chi connectivity index (χ4v) is 3.23. The highest BCUT2D eigenvalue weighted by atomic mass is 19.1. The van der Waals surface area contributed by atoms with Gasteiger partial charge in [0.25, 0.3) is 5.91 Å². The van der Waals surface area contributed by atoms with Crippen molar-refractivity contribution in [3.8, 4) is 5.75 Å². The molecule has 6 nitrogen and oxygen atoms in total. The molecule has 140 valence electrons. The highest BCUT2D eigenvalue weighted by Gasteiger charge is 2.37. The molecule has 0 saturated carbocycles. The van der Waals surface area contributed by atoms with Gasteiger partial charge in [-0.3, -0.25) is 4.79 Å². The van der Waals surface area contributed by atoms with E-state index in [0.717, 1.165) is 12.1 Å². The van der Waals surface area contributed by atoms with E-state index in [1.807, 2.05) is 11.9 Å². The molecule has 0 aliphatic carbocycles. The number of aliphatic hydroxyl groups is 2. The number of rotatable bonds is 7. The monoisotopic (exact) mass is 358 g/mol. The van der Waals surface area contributed by atoms with Crippen LogP contribution in [0.1, 0.15) is 10.4 Å².